The molecule has 9 heteroatoms. The van der Waals surface area contributed by atoms with Crippen LogP contribution in [0.1, 0.15) is 20.8 Å². The van der Waals surface area contributed by atoms with Gasteiger partial charge in [0.15, 0.2) is 5.69 Å². The Labute approximate surface area is 109 Å². The van der Waals surface area contributed by atoms with Crippen LogP contribution in [0.4, 0.5) is 5.69 Å². The van der Waals surface area contributed by atoms with E-state index in [9.17, 15) is 24.3 Å². The number of aromatic amines is 2. The minimum Gasteiger partial charge on any atom is -0.493 e. The van der Waals surface area contributed by atoms with Crippen molar-refractivity contribution in [2.75, 3.05) is 4.90 Å². The topological polar surface area (TPSA) is 136 Å². The molecule has 0 bridgehead atoms. The number of aromatic nitrogens is 3. The standard InChI is InChI=1S/C11H6N4O5/c16-7-6(8(17)14-11(20)13-7)15-9(18)4-2-1-3-12-5(4)10(15)19/h1-3H,(H3,13,14,16,17,20). The molecule has 2 aromatic rings. The number of rotatable bonds is 1. The van der Waals surface area contributed by atoms with Gasteiger partial charge in [0, 0.05) is 6.20 Å². The summed E-state index contributed by atoms with van der Waals surface area (Å²) >= 11 is 0. The van der Waals surface area contributed by atoms with Crippen LogP contribution in [0.25, 0.3) is 0 Å². The summed E-state index contributed by atoms with van der Waals surface area (Å²) in [5.41, 5.74) is -2.76. The van der Waals surface area contributed by atoms with Crippen LogP contribution < -0.4 is 16.1 Å². The van der Waals surface area contributed by atoms with Crippen LogP contribution in [0, 0.1) is 0 Å². The van der Waals surface area contributed by atoms with Gasteiger partial charge in [-0.05, 0) is 12.1 Å². The van der Waals surface area contributed by atoms with Crippen LogP contribution >= 0.6 is 0 Å². The number of pyridine rings is 1. The Morgan fingerprint density at radius 1 is 1.10 bits per heavy atom. The monoisotopic (exact) mass is 274 g/mol. The first-order chi connectivity index (χ1) is 9.50. The van der Waals surface area contributed by atoms with E-state index in [-0.39, 0.29) is 11.3 Å². The van der Waals surface area contributed by atoms with Crippen LogP contribution in [-0.4, -0.2) is 31.9 Å². The fourth-order valence-corrected chi connectivity index (χ4v) is 1.95. The van der Waals surface area contributed by atoms with Gasteiger partial charge in [0.05, 0.1) is 5.56 Å². The molecule has 3 rings (SSSR count). The fourth-order valence-electron chi connectivity index (χ4n) is 1.95. The van der Waals surface area contributed by atoms with Crippen molar-refractivity contribution >= 4 is 17.5 Å². The number of aromatic hydroxyl groups is 1. The molecule has 9 nitrogen and oxygen atoms in total. The number of carbonyl (C=O) groups excluding carboxylic acids is 2. The molecule has 0 aliphatic carbocycles. The van der Waals surface area contributed by atoms with E-state index >= 15 is 0 Å². The first-order valence-electron chi connectivity index (χ1n) is 5.40. The maximum absolute atomic E-state index is 12.1. The number of H-pyrrole nitrogens is 2. The normalized spacial score (nSPS) is 13.7. The summed E-state index contributed by atoms with van der Waals surface area (Å²) in [6.45, 7) is 0. The third-order valence-electron chi connectivity index (χ3n) is 2.77. The lowest BCUT2D eigenvalue weighted by molar-refractivity contribution is 0.0923. The molecule has 1 aliphatic rings. The second-order valence-electron chi connectivity index (χ2n) is 3.95. The largest absolute Gasteiger partial charge is 0.493 e. The molecule has 0 unspecified atom stereocenters. The quantitative estimate of drug-likeness (QED) is 0.568. The van der Waals surface area contributed by atoms with Gasteiger partial charge in [-0.15, -0.1) is 0 Å². The van der Waals surface area contributed by atoms with E-state index in [1.54, 1.807) is 0 Å². The summed E-state index contributed by atoms with van der Waals surface area (Å²) in [4.78, 5) is 54.8. The summed E-state index contributed by atoms with van der Waals surface area (Å²) in [5, 5.41) is 9.61. The van der Waals surface area contributed by atoms with Crippen molar-refractivity contribution in [1.29, 1.82) is 0 Å². The number of imide groups is 1. The molecule has 100 valence electrons. The summed E-state index contributed by atoms with van der Waals surface area (Å²) in [7, 11) is 0. The fraction of sp³-hybridized carbons (Fsp3) is 0. The zero-order valence-corrected chi connectivity index (χ0v) is 9.71. The molecule has 0 atom stereocenters. The summed E-state index contributed by atoms with van der Waals surface area (Å²) in [6, 6.07) is 2.84. The predicted molar refractivity (Wildman–Crippen MR) is 64.7 cm³/mol. The Morgan fingerprint density at radius 2 is 1.85 bits per heavy atom. The van der Waals surface area contributed by atoms with Crippen LogP contribution in [0.3, 0.4) is 0 Å². The second-order valence-corrected chi connectivity index (χ2v) is 3.95. The highest BCUT2D eigenvalue weighted by Crippen LogP contribution is 2.28. The van der Waals surface area contributed by atoms with E-state index in [1.165, 1.54) is 18.3 Å². The minimum absolute atomic E-state index is 0.0162. The van der Waals surface area contributed by atoms with Crippen LogP contribution in [0.15, 0.2) is 27.9 Å². The molecule has 0 radical (unpaired) electrons. The Morgan fingerprint density at radius 3 is 2.50 bits per heavy atom. The van der Waals surface area contributed by atoms with E-state index in [0.717, 1.165) is 0 Å². The van der Waals surface area contributed by atoms with E-state index in [2.05, 4.69) is 4.98 Å². The van der Waals surface area contributed by atoms with Crippen molar-refractivity contribution in [2.24, 2.45) is 0 Å². The molecule has 1 aliphatic heterocycles. The van der Waals surface area contributed by atoms with Gasteiger partial charge in [0.25, 0.3) is 17.4 Å². The molecule has 2 aromatic heterocycles. The average Bonchev–Trinajstić information content (AvgIpc) is 2.64. The van der Waals surface area contributed by atoms with Crippen LogP contribution in [0.5, 0.6) is 5.88 Å². The number of anilines is 1. The van der Waals surface area contributed by atoms with Gasteiger partial charge >= 0.3 is 5.69 Å². The molecule has 0 spiro atoms. The van der Waals surface area contributed by atoms with E-state index in [1.807, 2.05) is 9.97 Å². The second kappa shape index (κ2) is 3.88. The van der Waals surface area contributed by atoms with E-state index in [4.69, 9.17) is 0 Å². The number of fused-ring (bicyclic) bond motifs is 1. The highest BCUT2D eigenvalue weighted by atomic mass is 16.3. The molecule has 0 fully saturated rings. The first kappa shape index (κ1) is 11.8. The maximum Gasteiger partial charge on any atom is 0.328 e. The van der Waals surface area contributed by atoms with Crippen molar-refractivity contribution in [2.45, 2.75) is 0 Å². The van der Waals surface area contributed by atoms with Gasteiger partial charge < -0.3 is 5.11 Å². The van der Waals surface area contributed by atoms with Crippen LogP contribution in [-0.2, 0) is 0 Å². The Bertz CT molecular complexity index is 831. The number of nitrogens with zero attached hydrogens (tertiary/aromatic N) is 2. The average molecular weight is 274 g/mol. The maximum atomic E-state index is 12.1. The van der Waals surface area contributed by atoms with Crippen molar-refractivity contribution in [3.8, 4) is 5.88 Å². The zero-order valence-electron chi connectivity index (χ0n) is 9.71. The molecule has 3 N–H and O–H groups in total. The minimum atomic E-state index is -1.05. The molecular weight excluding hydrogens is 268 g/mol. The molecule has 3 heterocycles. The van der Waals surface area contributed by atoms with Crippen molar-refractivity contribution < 1.29 is 14.7 Å². The Kier molecular flexibility index (Phi) is 2.30. The first-order valence-corrected chi connectivity index (χ1v) is 5.40. The lowest BCUT2D eigenvalue weighted by Crippen LogP contribution is -2.36. The van der Waals surface area contributed by atoms with Crippen LogP contribution in [0.2, 0.25) is 0 Å². The lowest BCUT2D eigenvalue weighted by atomic mass is 10.2. The highest BCUT2D eigenvalue weighted by molar-refractivity contribution is 6.33. The molecule has 0 saturated heterocycles. The predicted octanol–water partition coefficient (Wildman–Crippen LogP) is -1.04. The van der Waals surface area contributed by atoms with Crippen molar-refractivity contribution in [3.63, 3.8) is 0 Å². The molecular formula is C11H6N4O5. The summed E-state index contributed by atoms with van der Waals surface area (Å²) in [6.07, 6.45) is 1.32. The number of carbonyl (C=O) groups is 2. The van der Waals surface area contributed by atoms with E-state index in [0.29, 0.717) is 4.90 Å². The lowest BCUT2D eigenvalue weighted by Gasteiger charge is -2.12. The number of amides is 2. The third-order valence-corrected chi connectivity index (χ3v) is 2.77. The number of hydrogen-bond donors (Lipinski definition) is 3. The van der Waals surface area contributed by atoms with Gasteiger partial charge in [-0.3, -0.25) is 29.3 Å². The molecule has 20 heavy (non-hydrogen) atoms. The third kappa shape index (κ3) is 1.46. The Balaban J connectivity index is 2.25. The van der Waals surface area contributed by atoms with Gasteiger partial charge in [-0.2, -0.15) is 0 Å². The van der Waals surface area contributed by atoms with Crippen molar-refractivity contribution in [1.82, 2.24) is 15.0 Å². The van der Waals surface area contributed by atoms with Gasteiger partial charge in [-0.25, -0.2) is 9.69 Å². The van der Waals surface area contributed by atoms with Crippen molar-refractivity contribution in [3.05, 3.63) is 50.4 Å². The number of nitrogens with one attached hydrogen (secondary N) is 2. The molecule has 0 saturated carbocycles. The highest BCUT2D eigenvalue weighted by Gasteiger charge is 2.40. The van der Waals surface area contributed by atoms with E-state index < -0.39 is 34.6 Å². The smallest absolute Gasteiger partial charge is 0.328 e. The Hall–Kier alpha value is -3.23. The summed E-state index contributed by atoms with van der Waals surface area (Å²) < 4.78 is 0. The van der Waals surface area contributed by atoms with Gasteiger partial charge in [0.2, 0.25) is 5.88 Å². The SMILES string of the molecule is O=C1c2cccnc2C(=O)N1c1c(O)[nH]c(=O)[nH]c1=O. The molecule has 0 aromatic carbocycles. The zero-order chi connectivity index (χ0) is 14.4. The molecule has 2 amide bonds. The summed E-state index contributed by atoms with van der Waals surface area (Å²) in [5.74, 6) is -2.52. The van der Waals surface area contributed by atoms with Gasteiger partial charge in [0.1, 0.15) is 5.69 Å². The van der Waals surface area contributed by atoms with Gasteiger partial charge in [-0.1, -0.05) is 0 Å². The number of hydrogen-bond acceptors (Lipinski definition) is 6.